The minimum absolute atomic E-state index is 0.178. The van der Waals surface area contributed by atoms with Gasteiger partial charge in [-0.25, -0.2) is 0 Å². The molecule has 3 N–H and O–H groups in total. The number of benzene rings is 1. The van der Waals surface area contributed by atoms with E-state index in [-0.39, 0.29) is 6.61 Å². The van der Waals surface area contributed by atoms with Crippen molar-refractivity contribution >= 4 is 21.8 Å². The first-order valence-corrected chi connectivity index (χ1v) is 6.86. The van der Waals surface area contributed by atoms with Crippen molar-refractivity contribution in [3.63, 3.8) is 0 Å². The van der Waals surface area contributed by atoms with Crippen molar-refractivity contribution in [2.75, 3.05) is 20.3 Å². The van der Waals surface area contributed by atoms with Gasteiger partial charge in [0.1, 0.15) is 0 Å². The van der Waals surface area contributed by atoms with Gasteiger partial charge >= 0.3 is 0 Å². The minimum atomic E-state index is -0.525. The summed E-state index contributed by atoms with van der Waals surface area (Å²) < 4.78 is 11.3. The van der Waals surface area contributed by atoms with Crippen LogP contribution in [0.15, 0.2) is 16.6 Å². The highest BCUT2D eigenvalue weighted by Gasteiger charge is 2.12. The van der Waals surface area contributed by atoms with E-state index in [2.05, 4.69) is 28.2 Å². The molecule has 0 heterocycles. The Bertz CT molecular complexity index is 438. The van der Waals surface area contributed by atoms with E-state index in [1.165, 1.54) is 0 Å². The third-order valence-corrected chi connectivity index (χ3v) is 2.99. The molecule has 5 nitrogen and oxygen atoms in total. The fraction of sp³-hybridized carbons (Fsp3) is 0.462. The maximum absolute atomic E-state index is 10.8. The summed E-state index contributed by atoms with van der Waals surface area (Å²) in [5, 5.41) is 3.31. The smallest absolute Gasteiger partial charge is 0.255 e. The van der Waals surface area contributed by atoms with Gasteiger partial charge in [-0.15, -0.1) is 0 Å². The van der Waals surface area contributed by atoms with Gasteiger partial charge in [-0.2, -0.15) is 0 Å². The number of carbonyl (C=O) groups excluding carboxylic acids is 1. The van der Waals surface area contributed by atoms with Crippen LogP contribution in [0, 0.1) is 0 Å². The lowest BCUT2D eigenvalue weighted by molar-refractivity contribution is -0.119. The van der Waals surface area contributed by atoms with Crippen LogP contribution >= 0.6 is 15.9 Å². The van der Waals surface area contributed by atoms with Gasteiger partial charge < -0.3 is 20.5 Å². The van der Waals surface area contributed by atoms with Crippen molar-refractivity contribution in [3.05, 3.63) is 22.2 Å². The Hall–Kier alpha value is -1.27. The summed E-state index contributed by atoms with van der Waals surface area (Å²) in [5.74, 6) is 0.534. The molecule has 1 amide bonds. The molecule has 0 saturated heterocycles. The van der Waals surface area contributed by atoms with E-state index >= 15 is 0 Å². The summed E-state index contributed by atoms with van der Waals surface area (Å²) in [5.41, 5.74) is 6.14. The average Bonchev–Trinajstić information content (AvgIpc) is 2.37. The molecule has 0 bridgehead atoms. The maximum Gasteiger partial charge on any atom is 0.255 e. The molecule has 0 spiro atoms. The van der Waals surface area contributed by atoms with Crippen LogP contribution in [0.2, 0.25) is 0 Å². The van der Waals surface area contributed by atoms with Crippen molar-refractivity contribution in [2.24, 2.45) is 5.73 Å². The van der Waals surface area contributed by atoms with Crippen LogP contribution in [-0.2, 0) is 11.3 Å². The van der Waals surface area contributed by atoms with Crippen molar-refractivity contribution in [1.29, 1.82) is 0 Å². The molecular weight excluding hydrogens is 312 g/mol. The van der Waals surface area contributed by atoms with Crippen molar-refractivity contribution in [2.45, 2.75) is 19.9 Å². The first kappa shape index (κ1) is 15.8. The third-order valence-electron chi connectivity index (χ3n) is 2.40. The largest absolute Gasteiger partial charge is 0.493 e. The van der Waals surface area contributed by atoms with Gasteiger partial charge in [-0.05, 0) is 46.6 Å². The molecule has 0 unspecified atom stereocenters. The Kier molecular flexibility index (Phi) is 6.66. The van der Waals surface area contributed by atoms with Crippen LogP contribution < -0.4 is 20.5 Å². The Labute approximate surface area is 121 Å². The van der Waals surface area contributed by atoms with Crippen molar-refractivity contribution in [1.82, 2.24) is 5.32 Å². The zero-order valence-electron chi connectivity index (χ0n) is 11.2. The van der Waals surface area contributed by atoms with Gasteiger partial charge in [0.25, 0.3) is 5.91 Å². The molecule has 1 aromatic rings. The predicted octanol–water partition coefficient (Wildman–Crippen LogP) is 1.82. The minimum Gasteiger partial charge on any atom is -0.493 e. The van der Waals surface area contributed by atoms with Crippen LogP contribution in [0.5, 0.6) is 11.5 Å². The van der Waals surface area contributed by atoms with Gasteiger partial charge in [-0.1, -0.05) is 6.92 Å². The molecule has 0 radical (unpaired) electrons. The second kappa shape index (κ2) is 8.01. The SMILES string of the molecule is CCCNCc1cc(Br)c(OCC(N)=O)c(OC)c1. The number of nitrogens with two attached hydrogens (primary N) is 1. The van der Waals surface area contributed by atoms with Crippen molar-refractivity contribution in [3.8, 4) is 11.5 Å². The predicted molar refractivity (Wildman–Crippen MR) is 77.4 cm³/mol. The van der Waals surface area contributed by atoms with Gasteiger partial charge in [0.05, 0.1) is 11.6 Å². The number of primary amides is 1. The highest BCUT2D eigenvalue weighted by Crippen LogP contribution is 2.36. The number of carbonyl (C=O) groups is 1. The quantitative estimate of drug-likeness (QED) is 0.713. The number of rotatable bonds is 8. The molecule has 106 valence electrons. The van der Waals surface area contributed by atoms with E-state index in [1.807, 2.05) is 12.1 Å². The number of amides is 1. The summed E-state index contributed by atoms with van der Waals surface area (Å²) in [6, 6.07) is 3.81. The Morgan fingerprint density at radius 3 is 2.79 bits per heavy atom. The van der Waals surface area contributed by atoms with Crippen LogP contribution in [-0.4, -0.2) is 26.2 Å². The average molecular weight is 331 g/mol. The number of halogens is 1. The Balaban J connectivity index is 2.84. The molecule has 0 saturated carbocycles. The highest BCUT2D eigenvalue weighted by molar-refractivity contribution is 9.10. The molecule has 0 aliphatic rings. The standard InChI is InChI=1S/C13H19BrN2O3/c1-3-4-16-7-9-5-10(14)13(11(6-9)18-2)19-8-12(15)17/h5-6,16H,3-4,7-8H2,1-2H3,(H2,15,17). The lowest BCUT2D eigenvalue weighted by Crippen LogP contribution is -2.20. The molecule has 1 rings (SSSR count). The molecule has 0 aliphatic carbocycles. The topological polar surface area (TPSA) is 73.6 Å². The molecule has 0 fully saturated rings. The fourth-order valence-corrected chi connectivity index (χ4v) is 2.17. The van der Waals surface area contributed by atoms with Gasteiger partial charge in [0.2, 0.25) is 0 Å². The van der Waals surface area contributed by atoms with Gasteiger partial charge in [0, 0.05) is 6.54 Å². The summed E-state index contributed by atoms with van der Waals surface area (Å²) in [4.78, 5) is 10.8. The monoisotopic (exact) mass is 330 g/mol. The number of methoxy groups -OCH3 is 1. The van der Waals surface area contributed by atoms with Crippen LogP contribution in [0.4, 0.5) is 0 Å². The molecule has 0 atom stereocenters. The van der Waals surface area contributed by atoms with Crippen LogP contribution in [0.25, 0.3) is 0 Å². The second-order valence-electron chi connectivity index (χ2n) is 4.04. The molecule has 19 heavy (non-hydrogen) atoms. The van der Waals surface area contributed by atoms with Gasteiger partial charge in [0.15, 0.2) is 18.1 Å². The number of hydrogen-bond acceptors (Lipinski definition) is 4. The molecule has 0 aromatic heterocycles. The zero-order chi connectivity index (χ0) is 14.3. The Morgan fingerprint density at radius 2 is 2.21 bits per heavy atom. The zero-order valence-corrected chi connectivity index (χ0v) is 12.7. The molecule has 1 aromatic carbocycles. The summed E-state index contributed by atoms with van der Waals surface area (Å²) in [6.07, 6.45) is 1.08. The third kappa shape index (κ3) is 5.08. The summed E-state index contributed by atoms with van der Waals surface area (Å²) >= 11 is 3.41. The lowest BCUT2D eigenvalue weighted by atomic mass is 10.2. The normalized spacial score (nSPS) is 10.3. The maximum atomic E-state index is 10.8. The fourth-order valence-electron chi connectivity index (χ4n) is 1.57. The molecular formula is C13H19BrN2O3. The highest BCUT2D eigenvalue weighted by atomic mass is 79.9. The summed E-state index contributed by atoms with van der Waals surface area (Å²) in [6.45, 7) is 3.64. The van der Waals surface area contributed by atoms with E-state index in [0.29, 0.717) is 11.5 Å². The Morgan fingerprint density at radius 1 is 1.47 bits per heavy atom. The molecule has 0 aliphatic heterocycles. The first-order valence-electron chi connectivity index (χ1n) is 6.06. The van der Waals surface area contributed by atoms with E-state index < -0.39 is 5.91 Å². The van der Waals surface area contributed by atoms with E-state index in [4.69, 9.17) is 15.2 Å². The van der Waals surface area contributed by atoms with Crippen LogP contribution in [0.1, 0.15) is 18.9 Å². The van der Waals surface area contributed by atoms with E-state index in [0.717, 1.165) is 29.5 Å². The van der Waals surface area contributed by atoms with E-state index in [9.17, 15) is 4.79 Å². The number of nitrogens with one attached hydrogen (secondary N) is 1. The first-order chi connectivity index (χ1) is 9.08. The molecule has 6 heteroatoms. The van der Waals surface area contributed by atoms with E-state index in [1.54, 1.807) is 7.11 Å². The summed E-state index contributed by atoms with van der Waals surface area (Å²) in [7, 11) is 1.56. The lowest BCUT2D eigenvalue weighted by Gasteiger charge is -2.13. The van der Waals surface area contributed by atoms with Crippen LogP contribution in [0.3, 0.4) is 0 Å². The second-order valence-corrected chi connectivity index (χ2v) is 4.90. The number of hydrogen-bond donors (Lipinski definition) is 2. The number of ether oxygens (including phenoxy) is 2. The van der Waals surface area contributed by atoms with Crippen molar-refractivity contribution < 1.29 is 14.3 Å². The van der Waals surface area contributed by atoms with Gasteiger partial charge in [-0.3, -0.25) is 4.79 Å².